The summed E-state index contributed by atoms with van der Waals surface area (Å²) in [5, 5.41) is 24.2. The highest BCUT2D eigenvalue weighted by atomic mass is 32.1. The third-order valence-electron chi connectivity index (χ3n) is 4.75. The molecule has 0 amide bonds. The second-order valence-corrected chi connectivity index (χ2v) is 7.62. The van der Waals surface area contributed by atoms with Gasteiger partial charge in [0.15, 0.2) is 0 Å². The van der Waals surface area contributed by atoms with E-state index in [9.17, 15) is 5.26 Å². The maximum atomic E-state index is 9.90. The van der Waals surface area contributed by atoms with Gasteiger partial charge in [-0.3, -0.25) is 0 Å². The summed E-state index contributed by atoms with van der Waals surface area (Å²) in [6.45, 7) is 0.523. The number of nitrogens with zero attached hydrogens (tertiary/aromatic N) is 3. The van der Waals surface area contributed by atoms with E-state index < -0.39 is 0 Å². The fourth-order valence-corrected chi connectivity index (χ4v) is 3.95. The summed E-state index contributed by atoms with van der Waals surface area (Å²) >= 11 is 1.63. The van der Waals surface area contributed by atoms with Crippen LogP contribution in [0.3, 0.4) is 0 Å². The van der Waals surface area contributed by atoms with Crippen LogP contribution in [-0.2, 0) is 6.54 Å². The van der Waals surface area contributed by atoms with Crippen LogP contribution in [0.4, 0.5) is 5.82 Å². The lowest BCUT2D eigenvalue weighted by molar-refractivity contribution is 1.04. The zero-order valence-corrected chi connectivity index (χ0v) is 16.5. The molecule has 0 unspecified atom stereocenters. The Labute approximate surface area is 174 Å². The molecule has 2 aromatic heterocycles. The molecule has 140 valence electrons. The minimum Gasteiger partial charge on any atom is -0.365 e. The Hall–Kier alpha value is -3.67. The fraction of sp³-hybridized carbons (Fsp3) is 0.125. The smallest absolute Gasteiger partial charge is 0.145 e. The number of nitriles is 2. The highest BCUT2D eigenvalue weighted by Gasteiger charge is 2.17. The number of thiophene rings is 1. The highest BCUT2D eigenvalue weighted by molar-refractivity contribution is 7.13. The number of hydrogen-bond donors (Lipinski definition) is 1. The Morgan fingerprint density at radius 1 is 1.07 bits per heavy atom. The maximum Gasteiger partial charge on any atom is 0.145 e. The number of aromatic nitrogens is 1. The van der Waals surface area contributed by atoms with Crippen LogP contribution in [0.1, 0.15) is 35.1 Å². The molecular weight excluding hydrogens is 376 g/mol. The molecule has 0 bridgehead atoms. The van der Waals surface area contributed by atoms with Crippen molar-refractivity contribution in [2.45, 2.75) is 19.4 Å². The van der Waals surface area contributed by atoms with Gasteiger partial charge in [-0.05, 0) is 53.6 Å². The molecule has 0 fully saturated rings. The SMILES string of the molecule is N#Cc1ccc(CNc2nc(-c3cccs3)cc(C3=CCCC=C3)c2C#N)cc1. The predicted molar refractivity (Wildman–Crippen MR) is 117 cm³/mol. The van der Waals surface area contributed by atoms with Crippen LogP contribution in [0.2, 0.25) is 0 Å². The molecule has 0 aliphatic heterocycles. The van der Waals surface area contributed by atoms with Crippen LogP contribution in [0.15, 0.2) is 66.1 Å². The summed E-state index contributed by atoms with van der Waals surface area (Å²) in [6, 6.07) is 17.9. The molecule has 0 saturated heterocycles. The summed E-state index contributed by atoms with van der Waals surface area (Å²) in [6.07, 6.45) is 8.41. The summed E-state index contributed by atoms with van der Waals surface area (Å²) in [7, 11) is 0. The maximum absolute atomic E-state index is 9.90. The number of nitrogens with one attached hydrogen (secondary N) is 1. The van der Waals surface area contributed by atoms with Crippen LogP contribution < -0.4 is 5.32 Å². The van der Waals surface area contributed by atoms with Gasteiger partial charge in [-0.1, -0.05) is 36.4 Å². The van der Waals surface area contributed by atoms with Gasteiger partial charge in [0.1, 0.15) is 17.5 Å². The van der Waals surface area contributed by atoms with Crippen LogP contribution in [0, 0.1) is 22.7 Å². The lowest BCUT2D eigenvalue weighted by Crippen LogP contribution is -2.06. The van der Waals surface area contributed by atoms with Crippen LogP contribution in [-0.4, -0.2) is 4.98 Å². The topological polar surface area (TPSA) is 72.5 Å². The summed E-state index contributed by atoms with van der Waals surface area (Å²) in [4.78, 5) is 5.83. The Kier molecular flexibility index (Phi) is 5.52. The minimum absolute atomic E-state index is 0.523. The van der Waals surface area contributed by atoms with Crippen LogP contribution in [0.25, 0.3) is 16.1 Å². The zero-order chi connectivity index (χ0) is 20.1. The second kappa shape index (κ2) is 8.56. The van der Waals surface area contributed by atoms with Gasteiger partial charge < -0.3 is 5.32 Å². The Morgan fingerprint density at radius 3 is 2.59 bits per heavy atom. The molecule has 29 heavy (non-hydrogen) atoms. The Morgan fingerprint density at radius 2 is 1.93 bits per heavy atom. The van der Waals surface area contributed by atoms with Crippen molar-refractivity contribution in [3.8, 4) is 22.7 Å². The average molecular weight is 395 g/mol. The summed E-state index contributed by atoms with van der Waals surface area (Å²) in [5.74, 6) is 0.581. The van der Waals surface area contributed by atoms with Crippen molar-refractivity contribution >= 4 is 22.7 Å². The minimum atomic E-state index is 0.523. The van der Waals surface area contributed by atoms with Gasteiger partial charge in [0.05, 0.1) is 22.2 Å². The van der Waals surface area contributed by atoms with Crippen LogP contribution >= 0.6 is 11.3 Å². The van der Waals surface area contributed by atoms with E-state index in [-0.39, 0.29) is 0 Å². The Bertz CT molecular complexity index is 1160. The zero-order valence-electron chi connectivity index (χ0n) is 15.7. The lowest BCUT2D eigenvalue weighted by atomic mass is 9.95. The molecule has 0 spiro atoms. The molecule has 3 aromatic rings. The van der Waals surface area contributed by atoms with Gasteiger partial charge in [-0.2, -0.15) is 10.5 Å². The molecule has 4 nitrogen and oxygen atoms in total. The first-order chi connectivity index (χ1) is 14.3. The number of anilines is 1. The number of pyridine rings is 1. The van der Waals surface area contributed by atoms with Gasteiger partial charge >= 0.3 is 0 Å². The summed E-state index contributed by atoms with van der Waals surface area (Å²) < 4.78 is 0. The highest BCUT2D eigenvalue weighted by Crippen LogP contribution is 2.33. The quantitative estimate of drug-likeness (QED) is 0.585. The summed E-state index contributed by atoms with van der Waals surface area (Å²) in [5.41, 5.74) is 5.03. The molecule has 1 aliphatic carbocycles. The monoisotopic (exact) mass is 394 g/mol. The molecule has 2 heterocycles. The number of allylic oxidation sites excluding steroid dienone is 4. The van der Waals surface area contributed by atoms with Gasteiger partial charge in [-0.15, -0.1) is 11.3 Å². The number of benzene rings is 1. The lowest BCUT2D eigenvalue weighted by Gasteiger charge is -2.15. The van der Waals surface area contributed by atoms with Crippen molar-refractivity contribution in [3.05, 3.63) is 88.3 Å². The van der Waals surface area contributed by atoms with Crippen LogP contribution in [0.5, 0.6) is 0 Å². The van der Waals surface area contributed by atoms with Crippen molar-refractivity contribution in [1.29, 1.82) is 10.5 Å². The molecular formula is C24H18N4S. The fourth-order valence-electron chi connectivity index (χ4n) is 3.26. The van der Waals surface area contributed by atoms with Crippen molar-refractivity contribution in [1.82, 2.24) is 4.98 Å². The molecule has 0 saturated carbocycles. The molecule has 0 atom stereocenters. The predicted octanol–water partition coefficient (Wildman–Crippen LogP) is 5.90. The van der Waals surface area contributed by atoms with E-state index >= 15 is 0 Å². The average Bonchev–Trinajstić information content (AvgIpc) is 3.33. The molecule has 1 aromatic carbocycles. The van der Waals surface area contributed by atoms with E-state index in [1.807, 2.05) is 35.7 Å². The third-order valence-corrected chi connectivity index (χ3v) is 5.65. The second-order valence-electron chi connectivity index (χ2n) is 6.67. The van der Waals surface area contributed by atoms with E-state index in [1.54, 1.807) is 23.5 Å². The van der Waals surface area contributed by atoms with E-state index in [0.717, 1.165) is 40.1 Å². The Balaban J connectivity index is 1.73. The third kappa shape index (κ3) is 4.11. The van der Waals surface area contributed by atoms with Gasteiger partial charge in [0, 0.05) is 12.1 Å². The van der Waals surface area contributed by atoms with E-state index in [2.05, 4.69) is 35.7 Å². The molecule has 0 radical (unpaired) electrons. The standard InChI is InChI=1S/C24H18N4S/c25-14-17-8-10-18(11-9-17)16-27-24-21(15-26)20(19-5-2-1-3-6-19)13-22(28-24)23-7-4-12-29-23/h2,4-13H,1,3,16H2,(H,27,28). The molecule has 1 N–H and O–H groups in total. The number of rotatable bonds is 5. The van der Waals surface area contributed by atoms with Gasteiger partial charge in [-0.25, -0.2) is 4.98 Å². The first-order valence-electron chi connectivity index (χ1n) is 9.37. The first kappa shape index (κ1) is 18.7. The normalized spacial score (nSPS) is 12.7. The van der Waals surface area contributed by atoms with Crippen molar-refractivity contribution < 1.29 is 0 Å². The van der Waals surface area contributed by atoms with E-state index in [0.29, 0.717) is 23.5 Å². The van der Waals surface area contributed by atoms with Crippen molar-refractivity contribution in [2.75, 3.05) is 5.32 Å². The van der Waals surface area contributed by atoms with Gasteiger partial charge in [0.2, 0.25) is 0 Å². The van der Waals surface area contributed by atoms with Crippen molar-refractivity contribution in [3.63, 3.8) is 0 Å². The molecule has 5 heteroatoms. The first-order valence-corrected chi connectivity index (χ1v) is 10.3. The largest absolute Gasteiger partial charge is 0.365 e. The van der Waals surface area contributed by atoms with Crippen molar-refractivity contribution in [2.24, 2.45) is 0 Å². The molecule has 4 rings (SSSR count). The van der Waals surface area contributed by atoms with E-state index in [4.69, 9.17) is 10.2 Å². The molecule has 1 aliphatic rings. The van der Waals surface area contributed by atoms with Gasteiger partial charge in [0.25, 0.3) is 0 Å². The number of hydrogen-bond acceptors (Lipinski definition) is 5. The van der Waals surface area contributed by atoms with E-state index in [1.165, 1.54) is 0 Å².